The number of unbranched alkanes of at least 4 members (excludes halogenated alkanes) is 16. The van der Waals surface area contributed by atoms with Crippen molar-refractivity contribution < 1.29 is 22.2 Å². The third-order valence-corrected chi connectivity index (χ3v) is 7.42. The van der Waals surface area contributed by atoms with E-state index in [9.17, 15) is 18.0 Å². The molecule has 0 aliphatic rings. The van der Waals surface area contributed by atoms with Crippen molar-refractivity contribution in [1.82, 2.24) is 4.90 Å². The van der Waals surface area contributed by atoms with Crippen LogP contribution in [0.4, 0.5) is 0 Å². The van der Waals surface area contributed by atoms with E-state index < -0.39 is 16.1 Å². The molecule has 7 heteroatoms. The van der Waals surface area contributed by atoms with Gasteiger partial charge in [-0.05, 0) is 12.8 Å². The van der Waals surface area contributed by atoms with Gasteiger partial charge in [0.1, 0.15) is 5.75 Å². The van der Waals surface area contributed by atoms with Gasteiger partial charge in [-0.3, -0.25) is 9.59 Å². The lowest BCUT2D eigenvalue weighted by Crippen LogP contribution is -2.32. The zero-order valence-electron chi connectivity index (χ0n) is 22.5. The van der Waals surface area contributed by atoms with Crippen LogP contribution in [0.2, 0.25) is 0 Å². The van der Waals surface area contributed by atoms with Gasteiger partial charge in [0.05, 0.1) is 0 Å². The van der Waals surface area contributed by atoms with Gasteiger partial charge in [0, 0.05) is 26.4 Å². The van der Waals surface area contributed by atoms with Crippen LogP contribution in [0.3, 0.4) is 0 Å². The van der Waals surface area contributed by atoms with Crippen LogP contribution >= 0.6 is 0 Å². The van der Waals surface area contributed by atoms with Crippen molar-refractivity contribution in [1.29, 1.82) is 0 Å². The lowest BCUT2D eigenvalue weighted by Gasteiger charge is -2.17. The number of hydrogen-bond donors (Lipinski definition) is 0. The van der Waals surface area contributed by atoms with Gasteiger partial charge in [-0.15, -0.1) is 0 Å². The second kappa shape index (κ2) is 22.4. The average molecular weight is 504 g/mol. The van der Waals surface area contributed by atoms with E-state index in [4.69, 9.17) is 4.18 Å². The van der Waals surface area contributed by atoms with Gasteiger partial charge in [-0.1, -0.05) is 117 Å². The van der Waals surface area contributed by atoms with Gasteiger partial charge >= 0.3 is 16.1 Å². The Hall–Kier alpha value is -1.11. The smallest absolute Gasteiger partial charge is 0.322 e. The summed E-state index contributed by atoms with van der Waals surface area (Å²) in [6, 6.07) is 0. The Morgan fingerprint density at radius 2 is 1.00 bits per heavy atom. The van der Waals surface area contributed by atoms with E-state index in [2.05, 4.69) is 13.8 Å². The molecule has 0 fully saturated rings. The molecule has 0 aromatic rings. The molecule has 0 aliphatic heterocycles. The lowest BCUT2D eigenvalue weighted by atomic mass is 10.1. The lowest BCUT2D eigenvalue weighted by molar-refractivity contribution is -0.134. The molecule has 34 heavy (non-hydrogen) atoms. The topological polar surface area (TPSA) is 80.8 Å². The summed E-state index contributed by atoms with van der Waals surface area (Å²) in [5, 5.41) is 0. The fourth-order valence-corrected chi connectivity index (χ4v) is 4.90. The second-order valence-electron chi connectivity index (χ2n) is 9.69. The first-order chi connectivity index (χ1) is 16.3. The summed E-state index contributed by atoms with van der Waals surface area (Å²) in [5.74, 6) is -1.10. The van der Waals surface area contributed by atoms with Gasteiger partial charge in [0.15, 0.2) is 0 Å². The number of rotatable bonds is 24. The third kappa shape index (κ3) is 21.4. The number of amides is 1. The quantitative estimate of drug-likeness (QED) is 0.103. The molecule has 0 heterocycles. The first-order valence-electron chi connectivity index (χ1n) is 14.0. The Morgan fingerprint density at radius 3 is 1.44 bits per heavy atom. The molecular weight excluding hydrogens is 450 g/mol. The fraction of sp³-hybridized carbons (Fsp3) is 0.926. The van der Waals surface area contributed by atoms with E-state index in [1.54, 1.807) is 7.05 Å². The molecule has 0 aromatic carbocycles. The van der Waals surface area contributed by atoms with Crippen LogP contribution in [0.15, 0.2) is 0 Å². The summed E-state index contributed by atoms with van der Waals surface area (Å²) in [5.41, 5.74) is 0. The zero-order valence-corrected chi connectivity index (χ0v) is 23.3. The Bertz CT molecular complexity index is 606. The fourth-order valence-electron chi connectivity index (χ4n) is 3.96. The van der Waals surface area contributed by atoms with E-state index in [0.29, 0.717) is 12.8 Å². The van der Waals surface area contributed by atoms with Crippen LogP contribution in [0.25, 0.3) is 0 Å². The highest BCUT2D eigenvalue weighted by atomic mass is 32.2. The molecule has 0 saturated heterocycles. The molecule has 1 amide bonds. The summed E-state index contributed by atoms with van der Waals surface area (Å²) in [7, 11) is -2.35. The standard InChI is InChI=1S/C27H53NO5S/c1-4-6-8-10-12-14-16-18-20-22-26(29)28(3)24-25-34(31,32)33-27(30)23-21-19-17-15-13-11-9-7-5-2/h4-25H2,1-3H3. The summed E-state index contributed by atoms with van der Waals surface area (Å²) in [6.45, 7) is 4.47. The predicted octanol–water partition coefficient (Wildman–Crippen LogP) is 7.16. The SMILES string of the molecule is CCCCCCCCCCCC(=O)OS(=O)(=O)CCN(C)C(=O)CCCCCCCCCCC. The molecule has 0 rings (SSSR count). The van der Waals surface area contributed by atoms with E-state index in [1.807, 2.05) is 0 Å². The van der Waals surface area contributed by atoms with E-state index in [-0.39, 0.29) is 24.6 Å². The molecule has 0 saturated carbocycles. The van der Waals surface area contributed by atoms with Gasteiger partial charge in [-0.2, -0.15) is 8.42 Å². The summed E-state index contributed by atoms with van der Waals surface area (Å²) in [4.78, 5) is 25.5. The van der Waals surface area contributed by atoms with Gasteiger partial charge < -0.3 is 9.08 Å². The van der Waals surface area contributed by atoms with E-state index in [1.165, 1.54) is 75.5 Å². The van der Waals surface area contributed by atoms with E-state index in [0.717, 1.165) is 38.5 Å². The van der Waals surface area contributed by atoms with Crippen molar-refractivity contribution >= 4 is 22.0 Å². The molecule has 0 aromatic heterocycles. The summed E-state index contributed by atoms with van der Waals surface area (Å²) >= 11 is 0. The van der Waals surface area contributed by atoms with Crippen molar-refractivity contribution in [2.45, 2.75) is 142 Å². The minimum absolute atomic E-state index is 0.0455. The molecule has 0 bridgehead atoms. The van der Waals surface area contributed by atoms with Crippen molar-refractivity contribution in [2.24, 2.45) is 0 Å². The van der Waals surface area contributed by atoms with E-state index >= 15 is 0 Å². The van der Waals surface area contributed by atoms with Gasteiger partial charge in [0.25, 0.3) is 0 Å². The van der Waals surface area contributed by atoms with Crippen molar-refractivity contribution in [3.63, 3.8) is 0 Å². The van der Waals surface area contributed by atoms with Gasteiger partial charge in [-0.25, -0.2) is 0 Å². The molecule has 0 radical (unpaired) electrons. The zero-order chi connectivity index (χ0) is 25.5. The molecular formula is C27H53NO5S. The summed E-state index contributed by atoms with van der Waals surface area (Å²) in [6.07, 6.45) is 21.4. The van der Waals surface area contributed by atoms with Crippen molar-refractivity contribution in [3.05, 3.63) is 0 Å². The molecule has 0 atom stereocenters. The van der Waals surface area contributed by atoms with Crippen molar-refractivity contribution in [2.75, 3.05) is 19.3 Å². The highest BCUT2D eigenvalue weighted by molar-refractivity contribution is 7.87. The Labute approximate surface area is 210 Å². The Morgan fingerprint density at radius 1 is 0.618 bits per heavy atom. The van der Waals surface area contributed by atoms with Crippen LogP contribution in [-0.2, 0) is 23.9 Å². The monoisotopic (exact) mass is 503 g/mol. The molecule has 202 valence electrons. The highest BCUT2D eigenvalue weighted by Crippen LogP contribution is 2.12. The molecule has 0 aliphatic carbocycles. The van der Waals surface area contributed by atoms with Crippen LogP contribution < -0.4 is 0 Å². The third-order valence-electron chi connectivity index (χ3n) is 6.30. The van der Waals surface area contributed by atoms with Gasteiger partial charge in [0.2, 0.25) is 5.91 Å². The molecule has 0 spiro atoms. The van der Waals surface area contributed by atoms with Crippen LogP contribution in [0.5, 0.6) is 0 Å². The maximum atomic E-state index is 12.2. The average Bonchev–Trinajstić information content (AvgIpc) is 2.80. The van der Waals surface area contributed by atoms with Crippen LogP contribution in [-0.4, -0.2) is 44.5 Å². The largest absolute Gasteiger partial charge is 0.346 e. The number of hydrogen-bond acceptors (Lipinski definition) is 5. The van der Waals surface area contributed by atoms with Crippen LogP contribution in [0.1, 0.15) is 142 Å². The number of nitrogens with zero attached hydrogens (tertiary/aromatic N) is 1. The maximum absolute atomic E-state index is 12.2. The molecule has 0 unspecified atom stereocenters. The molecule has 6 nitrogen and oxygen atoms in total. The first kappa shape index (κ1) is 32.9. The minimum Gasteiger partial charge on any atom is -0.346 e. The predicted molar refractivity (Wildman–Crippen MR) is 141 cm³/mol. The number of carbonyl (C=O) groups is 2. The normalized spacial score (nSPS) is 11.5. The Balaban J connectivity index is 3.80. The summed E-state index contributed by atoms with van der Waals surface area (Å²) < 4.78 is 28.8. The Kier molecular flexibility index (Phi) is 21.6. The molecule has 0 N–H and O–H groups in total. The second-order valence-corrected chi connectivity index (χ2v) is 11.4. The first-order valence-corrected chi connectivity index (χ1v) is 15.6. The highest BCUT2D eigenvalue weighted by Gasteiger charge is 2.19. The minimum atomic E-state index is -3.96. The maximum Gasteiger partial charge on any atom is 0.322 e. The van der Waals surface area contributed by atoms with Crippen LogP contribution in [0, 0.1) is 0 Å². The number of carbonyl (C=O) groups excluding carboxylic acids is 2. The van der Waals surface area contributed by atoms with Crippen molar-refractivity contribution in [3.8, 4) is 0 Å².